The molecule has 0 saturated carbocycles. The molecule has 1 aromatic rings. The number of carbonyl (C=O) groups excluding carboxylic acids is 2. The van der Waals surface area contributed by atoms with Crippen LogP contribution < -0.4 is 10.6 Å². The molecule has 1 aliphatic heterocycles. The van der Waals surface area contributed by atoms with Gasteiger partial charge in [0, 0.05) is 24.7 Å². The summed E-state index contributed by atoms with van der Waals surface area (Å²) < 4.78 is 1.90. The van der Waals surface area contributed by atoms with E-state index in [2.05, 4.69) is 36.5 Å². The van der Waals surface area contributed by atoms with Gasteiger partial charge in [0.2, 0.25) is 11.8 Å². The summed E-state index contributed by atoms with van der Waals surface area (Å²) in [5.74, 6) is -0.428. The van der Waals surface area contributed by atoms with E-state index in [9.17, 15) is 9.59 Å². The third kappa shape index (κ3) is 3.41. The third-order valence-electron chi connectivity index (χ3n) is 3.12. The minimum atomic E-state index is -0.296. The zero-order valence-electron chi connectivity index (χ0n) is 11.6. The summed E-state index contributed by atoms with van der Waals surface area (Å²) in [5.41, 5.74) is 0.979. The first-order valence-corrected chi connectivity index (χ1v) is 6.47. The van der Waals surface area contributed by atoms with E-state index in [1.54, 1.807) is 6.20 Å². The van der Waals surface area contributed by atoms with Gasteiger partial charge in [-0.25, -0.2) is 0 Å². The van der Waals surface area contributed by atoms with Gasteiger partial charge in [0.1, 0.15) is 0 Å². The van der Waals surface area contributed by atoms with Gasteiger partial charge in [-0.2, -0.15) is 5.10 Å². The molecule has 0 spiro atoms. The fraction of sp³-hybridized carbons (Fsp3) is 0.615. The monoisotopic (exact) mass is 264 g/mol. The predicted octanol–water partition coefficient (Wildman–Crippen LogP) is 0.533. The lowest BCUT2D eigenvalue weighted by molar-refractivity contribution is -0.134. The molecule has 0 aliphatic carbocycles. The molecule has 2 rings (SSSR count). The Bertz CT molecular complexity index is 487. The molecule has 2 heterocycles. The lowest BCUT2D eigenvalue weighted by atomic mass is 10.1. The molecule has 1 unspecified atom stereocenters. The van der Waals surface area contributed by atoms with E-state index >= 15 is 0 Å². The van der Waals surface area contributed by atoms with E-state index in [1.807, 2.05) is 10.9 Å². The molecule has 0 bridgehead atoms. The summed E-state index contributed by atoms with van der Waals surface area (Å²) in [7, 11) is 0. The van der Waals surface area contributed by atoms with Gasteiger partial charge >= 0.3 is 0 Å². The van der Waals surface area contributed by atoms with Gasteiger partial charge in [0.05, 0.1) is 17.8 Å². The maximum atomic E-state index is 11.6. The molecule has 2 amide bonds. The smallest absolute Gasteiger partial charge is 0.243 e. The quantitative estimate of drug-likeness (QED) is 0.781. The van der Waals surface area contributed by atoms with Crippen molar-refractivity contribution >= 4 is 11.8 Å². The Morgan fingerprint density at radius 1 is 1.47 bits per heavy atom. The fourth-order valence-electron chi connectivity index (χ4n) is 1.95. The van der Waals surface area contributed by atoms with Crippen molar-refractivity contribution in [1.82, 2.24) is 20.4 Å². The van der Waals surface area contributed by atoms with Gasteiger partial charge in [0.25, 0.3) is 0 Å². The lowest BCUT2D eigenvalue weighted by Gasteiger charge is -2.21. The first kappa shape index (κ1) is 13.7. The Morgan fingerprint density at radius 3 is 2.79 bits per heavy atom. The van der Waals surface area contributed by atoms with E-state index in [4.69, 9.17) is 0 Å². The van der Waals surface area contributed by atoms with E-state index in [1.165, 1.54) is 0 Å². The highest BCUT2D eigenvalue weighted by Crippen LogP contribution is 2.13. The van der Waals surface area contributed by atoms with Crippen LogP contribution in [0.5, 0.6) is 0 Å². The predicted molar refractivity (Wildman–Crippen MR) is 70.2 cm³/mol. The standard InChI is InChI=1S/C13H20N4O2/c1-13(2,3)17-8-9(7-15-17)6-14-10-4-5-11(18)16-12(10)19/h7-8,10,14H,4-6H2,1-3H3,(H,16,18,19). The van der Waals surface area contributed by atoms with Crippen molar-refractivity contribution in [2.24, 2.45) is 0 Å². The Kier molecular flexibility index (Phi) is 3.71. The normalized spacial score (nSPS) is 20.5. The molecule has 1 aliphatic rings. The Balaban J connectivity index is 1.90. The molecule has 6 nitrogen and oxygen atoms in total. The highest BCUT2D eigenvalue weighted by molar-refractivity contribution is 6.00. The number of rotatable bonds is 3. The molecule has 0 aromatic carbocycles. The number of amides is 2. The second-order valence-corrected chi connectivity index (χ2v) is 5.85. The van der Waals surface area contributed by atoms with Crippen LogP contribution in [0.25, 0.3) is 0 Å². The summed E-state index contributed by atoms with van der Waals surface area (Å²) in [6.07, 6.45) is 4.71. The van der Waals surface area contributed by atoms with Crippen LogP contribution in [0.1, 0.15) is 39.2 Å². The minimum absolute atomic E-state index is 0.0487. The van der Waals surface area contributed by atoms with Crippen LogP contribution in [-0.4, -0.2) is 27.6 Å². The average Bonchev–Trinajstić information content (AvgIpc) is 2.76. The topological polar surface area (TPSA) is 76.0 Å². The number of piperidine rings is 1. The van der Waals surface area contributed by atoms with Gasteiger partial charge in [0.15, 0.2) is 0 Å². The molecule has 1 fully saturated rings. The Hall–Kier alpha value is -1.69. The summed E-state index contributed by atoms with van der Waals surface area (Å²) in [6.45, 7) is 6.81. The van der Waals surface area contributed by atoms with Crippen LogP contribution in [0.4, 0.5) is 0 Å². The van der Waals surface area contributed by atoms with E-state index in [0.29, 0.717) is 19.4 Å². The van der Waals surface area contributed by atoms with Crippen LogP contribution in [0.3, 0.4) is 0 Å². The van der Waals surface area contributed by atoms with Crippen LogP contribution in [-0.2, 0) is 21.7 Å². The maximum absolute atomic E-state index is 11.6. The SMILES string of the molecule is CC(C)(C)n1cc(CNC2CCC(=O)NC2=O)cn1. The average molecular weight is 264 g/mol. The van der Waals surface area contributed by atoms with Gasteiger partial charge in [-0.1, -0.05) is 0 Å². The molecule has 2 N–H and O–H groups in total. The molecular weight excluding hydrogens is 244 g/mol. The van der Waals surface area contributed by atoms with Gasteiger partial charge in [-0.15, -0.1) is 0 Å². The number of nitrogens with one attached hydrogen (secondary N) is 2. The van der Waals surface area contributed by atoms with Crippen molar-refractivity contribution in [2.45, 2.75) is 51.7 Å². The number of imide groups is 1. The zero-order valence-corrected chi connectivity index (χ0v) is 11.6. The van der Waals surface area contributed by atoms with Gasteiger partial charge < -0.3 is 5.32 Å². The minimum Gasteiger partial charge on any atom is -0.302 e. The molecule has 0 radical (unpaired) electrons. The van der Waals surface area contributed by atoms with Crippen molar-refractivity contribution in [1.29, 1.82) is 0 Å². The summed E-state index contributed by atoms with van der Waals surface area (Å²) in [4.78, 5) is 22.6. The van der Waals surface area contributed by atoms with Crippen molar-refractivity contribution in [3.63, 3.8) is 0 Å². The highest BCUT2D eigenvalue weighted by Gasteiger charge is 2.26. The molecule has 1 atom stereocenters. The van der Waals surface area contributed by atoms with Crippen LogP contribution in [0.2, 0.25) is 0 Å². The van der Waals surface area contributed by atoms with E-state index < -0.39 is 0 Å². The van der Waals surface area contributed by atoms with Crippen LogP contribution in [0.15, 0.2) is 12.4 Å². The Labute approximate surface area is 112 Å². The zero-order chi connectivity index (χ0) is 14.0. The summed E-state index contributed by atoms with van der Waals surface area (Å²) in [5, 5.41) is 9.79. The number of carbonyl (C=O) groups is 2. The second kappa shape index (κ2) is 5.13. The third-order valence-corrected chi connectivity index (χ3v) is 3.12. The number of nitrogens with zero attached hydrogens (tertiary/aromatic N) is 2. The highest BCUT2D eigenvalue weighted by atomic mass is 16.2. The van der Waals surface area contributed by atoms with Crippen molar-refractivity contribution in [2.75, 3.05) is 0 Å². The second-order valence-electron chi connectivity index (χ2n) is 5.85. The summed E-state index contributed by atoms with van der Waals surface area (Å²) >= 11 is 0. The van der Waals surface area contributed by atoms with Crippen molar-refractivity contribution in [3.05, 3.63) is 18.0 Å². The first-order chi connectivity index (χ1) is 8.86. The van der Waals surface area contributed by atoms with Gasteiger partial charge in [-0.05, 0) is 27.2 Å². The molecule has 19 heavy (non-hydrogen) atoms. The molecular formula is C13H20N4O2. The first-order valence-electron chi connectivity index (χ1n) is 6.47. The molecule has 6 heteroatoms. The van der Waals surface area contributed by atoms with Crippen molar-refractivity contribution in [3.8, 4) is 0 Å². The molecule has 1 saturated heterocycles. The van der Waals surface area contributed by atoms with Gasteiger partial charge in [-0.3, -0.25) is 19.6 Å². The maximum Gasteiger partial charge on any atom is 0.243 e. The number of aromatic nitrogens is 2. The Morgan fingerprint density at radius 2 is 2.21 bits per heavy atom. The fourth-order valence-corrected chi connectivity index (χ4v) is 1.95. The molecule has 1 aromatic heterocycles. The largest absolute Gasteiger partial charge is 0.302 e. The number of hydrogen-bond acceptors (Lipinski definition) is 4. The lowest BCUT2D eigenvalue weighted by Crippen LogP contribution is -2.50. The van der Waals surface area contributed by atoms with E-state index in [0.717, 1.165) is 5.56 Å². The molecule has 104 valence electrons. The van der Waals surface area contributed by atoms with Crippen molar-refractivity contribution < 1.29 is 9.59 Å². The van der Waals surface area contributed by atoms with Crippen LogP contribution in [0, 0.1) is 0 Å². The summed E-state index contributed by atoms with van der Waals surface area (Å²) in [6, 6.07) is -0.296. The number of hydrogen-bond donors (Lipinski definition) is 2. The van der Waals surface area contributed by atoms with E-state index in [-0.39, 0.29) is 23.4 Å². The van der Waals surface area contributed by atoms with Crippen LogP contribution >= 0.6 is 0 Å².